The maximum atomic E-state index is 13.5. The van der Waals surface area contributed by atoms with Crippen LogP contribution >= 0.6 is 11.6 Å². The minimum Gasteiger partial charge on any atom is -0.350 e. The summed E-state index contributed by atoms with van der Waals surface area (Å²) >= 11 is 6.26. The molecule has 6 heteroatoms. The van der Waals surface area contributed by atoms with E-state index in [2.05, 4.69) is 5.32 Å². The van der Waals surface area contributed by atoms with Gasteiger partial charge in [0.25, 0.3) is 11.8 Å². The van der Waals surface area contributed by atoms with Crippen molar-refractivity contribution in [1.82, 2.24) is 0 Å². The lowest BCUT2D eigenvalue weighted by molar-refractivity contribution is -0.120. The van der Waals surface area contributed by atoms with Crippen LogP contribution in [-0.4, -0.2) is 11.8 Å². The first kappa shape index (κ1) is 21.4. The molecule has 0 unspecified atom stereocenters. The van der Waals surface area contributed by atoms with Gasteiger partial charge in [-0.1, -0.05) is 35.9 Å². The summed E-state index contributed by atoms with van der Waals surface area (Å²) in [4.78, 5) is 28.2. The van der Waals surface area contributed by atoms with Crippen LogP contribution in [0.2, 0.25) is 5.02 Å². The van der Waals surface area contributed by atoms with Crippen LogP contribution in [0.15, 0.2) is 66.4 Å². The average Bonchev–Trinajstić information content (AvgIpc) is 3.03. The number of hydrogen-bond donors (Lipinski definition) is 1. The fourth-order valence-electron chi connectivity index (χ4n) is 3.61. The minimum atomic E-state index is -0.465. The van der Waals surface area contributed by atoms with E-state index < -0.39 is 11.8 Å². The highest BCUT2D eigenvalue weighted by molar-refractivity contribution is 6.46. The number of nitrogens with zero attached hydrogens (tertiary/aromatic N) is 2. The van der Waals surface area contributed by atoms with Crippen LogP contribution in [0, 0.1) is 32.1 Å². The Labute approximate surface area is 191 Å². The van der Waals surface area contributed by atoms with E-state index in [9.17, 15) is 9.59 Å². The standard InChI is InChI=1S/C26H20ClN3O2/c1-15-7-10-19(13-16(15)2)23-24(29-22-6-4-5-21(27)17(22)3)26(32)30(25(23)31)20-11-8-18(14-28)9-12-20/h4-13,29H,1-3H3. The van der Waals surface area contributed by atoms with Crippen LogP contribution in [0.4, 0.5) is 11.4 Å². The van der Waals surface area contributed by atoms with Crippen LogP contribution in [0.5, 0.6) is 0 Å². The topological polar surface area (TPSA) is 73.2 Å². The molecule has 32 heavy (non-hydrogen) atoms. The van der Waals surface area contributed by atoms with Crippen LogP contribution in [0.3, 0.4) is 0 Å². The molecule has 0 bridgehead atoms. The molecule has 0 spiro atoms. The fourth-order valence-corrected chi connectivity index (χ4v) is 3.78. The van der Waals surface area contributed by atoms with Gasteiger partial charge in [0.1, 0.15) is 5.70 Å². The minimum absolute atomic E-state index is 0.188. The van der Waals surface area contributed by atoms with Crippen molar-refractivity contribution in [1.29, 1.82) is 5.26 Å². The number of hydrogen-bond acceptors (Lipinski definition) is 4. The molecule has 1 aliphatic heterocycles. The fraction of sp³-hybridized carbons (Fsp3) is 0.115. The third-order valence-corrected chi connectivity index (χ3v) is 6.07. The summed E-state index contributed by atoms with van der Waals surface area (Å²) in [5.41, 5.74) is 5.53. The Morgan fingerprint density at radius 3 is 2.28 bits per heavy atom. The van der Waals surface area contributed by atoms with E-state index >= 15 is 0 Å². The van der Waals surface area contributed by atoms with E-state index in [1.54, 1.807) is 36.4 Å². The summed E-state index contributed by atoms with van der Waals surface area (Å²) in [5.74, 6) is -0.891. The SMILES string of the molecule is Cc1ccc(C2=C(Nc3cccc(Cl)c3C)C(=O)N(c3ccc(C#N)cc3)C2=O)cc1C. The van der Waals surface area contributed by atoms with E-state index in [0.717, 1.165) is 21.6 Å². The maximum absolute atomic E-state index is 13.5. The highest BCUT2D eigenvalue weighted by atomic mass is 35.5. The van der Waals surface area contributed by atoms with Gasteiger partial charge in [0, 0.05) is 10.7 Å². The molecule has 158 valence electrons. The van der Waals surface area contributed by atoms with Gasteiger partial charge in [-0.05, 0) is 79.4 Å². The zero-order valence-electron chi connectivity index (χ0n) is 17.9. The number of rotatable bonds is 4. The Hall–Kier alpha value is -3.88. The van der Waals surface area contributed by atoms with Crippen molar-refractivity contribution in [2.24, 2.45) is 0 Å². The normalized spacial score (nSPS) is 13.5. The molecule has 1 N–H and O–H groups in total. The molecule has 1 heterocycles. The van der Waals surface area contributed by atoms with Gasteiger partial charge in [0.15, 0.2) is 0 Å². The second kappa shape index (κ2) is 8.33. The van der Waals surface area contributed by atoms with Gasteiger partial charge in [0.2, 0.25) is 0 Å². The molecule has 0 saturated carbocycles. The summed E-state index contributed by atoms with van der Waals surface area (Å²) in [7, 11) is 0. The third kappa shape index (κ3) is 3.66. The van der Waals surface area contributed by atoms with E-state index in [1.807, 2.05) is 51.1 Å². The van der Waals surface area contributed by atoms with E-state index in [-0.39, 0.29) is 5.70 Å². The number of nitrogens with one attached hydrogen (secondary N) is 1. The number of anilines is 2. The summed E-state index contributed by atoms with van der Waals surface area (Å²) in [5, 5.41) is 12.8. The van der Waals surface area contributed by atoms with Gasteiger partial charge >= 0.3 is 0 Å². The average molecular weight is 442 g/mol. The molecule has 5 nitrogen and oxygen atoms in total. The summed E-state index contributed by atoms with van der Waals surface area (Å²) in [6.07, 6.45) is 0. The molecular formula is C26H20ClN3O2. The zero-order valence-corrected chi connectivity index (χ0v) is 18.6. The van der Waals surface area contributed by atoms with Crippen LogP contribution in [-0.2, 0) is 9.59 Å². The molecule has 4 rings (SSSR count). The first-order valence-electron chi connectivity index (χ1n) is 10.0. The Balaban J connectivity index is 1.86. The predicted molar refractivity (Wildman–Crippen MR) is 126 cm³/mol. The van der Waals surface area contributed by atoms with Crippen LogP contribution in [0.1, 0.15) is 27.8 Å². The van der Waals surface area contributed by atoms with Crippen molar-refractivity contribution >= 4 is 40.4 Å². The maximum Gasteiger partial charge on any atom is 0.282 e. The zero-order chi connectivity index (χ0) is 23.0. The van der Waals surface area contributed by atoms with Crippen LogP contribution < -0.4 is 10.2 Å². The number of nitriles is 1. The van der Waals surface area contributed by atoms with Crippen molar-refractivity contribution in [3.05, 3.63) is 99.2 Å². The largest absolute Gasteiger partial charge is 0.350 e. The third-order valence-electron chi connectivity index (χ3n) is 5.66. The number of halogens is 1. The first-order chi connectivity index (χ1) is 15.3. The van der Waals surface area contributed by atoms with Gasteiger partial charge in [0.05, 0.1) is 22.9 Å². The molecule has 1 aliphatic rings. The van der Waals surface area contributed by atoms with Crippen LogP contribution in [0.25, 0.3) is 5.57 Å². The lowest BCUT2D eigenvalue weighted by Crippen LogP contribution is -2.32. The van der Waals surface area contributed by atoms with Gasteiger partial charge in [-0.2, -0.15) is 5.26 Å². The lowest BCUT2D eigenvalue weighted by Gasteiger charge is -2.16. The van der Waals surface area contributed by atoms with E-state index in [1.165, 1.54) is 0 Å². The van der Waals surface area contributed by atoms with Crippen molar-refractivity contribution < 1.29 is 9.59 Å². The Morgan fingerprint density at radius 1 is 0.906 bits per heavy atom. The molecule has 3 aromatic rings. The highest BCUT2D eigenvalue weighted by Crippen LogP contribution is 2.35. The number of imide groups is 1. The molecule has 0 aromatic heterocycles. The number of benzene rings is 3. The Kier molecular flexibility index (Phi) is 5.56. The monoisotopic (exact) mass is 441 g/mol. The highest BCUT2D eigenvalue weighted by Gasteiger charge is 2.40. The Bertz CT molecular complexity index is 1330. The molecule has 0 atom stereocenters. The number of carbonyl (C=O) groups excluding carboxylic acids is 2. The summed E-state index contributed by atoms with van der Waals surface area (Å²) < 4.78 is 0. The molecule has 0 fully saturated rings. The molecular weight excluding hydrogens is 422 g/mol. The van der Waals surface area contributed by atoms with Crippen molar-refractivity contribution in [2.75, 3.05) is 10.2 Å². The van der Waals surface area contributed by atoms with Gasteiger partial charge in [-0.3, -0.25) is 9.59 Å². The first-order valence-corrected chi connectivity index (χ1v) is 10.4. The predicted octanol–water partition coefficient (Wildman–Crippen LogP) is 5.53. The number of aryl methyl sites for hydroxylation is 2. The molecule has 3 aromatic carbocycles. The van der Waals surface area contributed by atoms with Gasteiger partial charge in [-0.15, -0.1) is 0 Å². The van der Waals surface area contributed by atoms with Crippen molar-refractivity contribution in [2.45, 2.75) is 20.8 Å². The van der Waals surface area contributed by atoms with E-state index in [4.69, 9.17) is 16.9 Å². The lowest BCUT2D eigenvalue weighted by atomic mass is 9.99. The second-order valence-corrected chi connectivity index (χ2v) is 8.10. The molecule has 0 saturated heterocycles. The molecule has 2 amide bonds. The number of amides is 2. The smallest absolute Gasteiger partial charge is 0.282 e. The second-order valence-electron chi connectivity index (χ2n) is 7.69. The van der Waals surface area contributed by atoms with E-state index in [0.29, 0.717) is 33.1 Å². The number of carbonyl (C=O) groups is 2. The van der Waals surface area contributed by atoms with Gasteiger partial charge < -0.3 is 5.32 Å². The molecule has 0 radical (unpaired) electrons. The van der Waals surface area contributed by atoms with Crippen molar-refractivity contribution in [3.8, 4) is 6.07 Å². The van der Waals surface area contributed by atoms with Crippen molar-refractivity contribution in [3.63, 3.8) is 0 Å². The Morgan fingerprint density at radius 2 is 1.62 bits per heavy atom. The van der Waals surface area contributed by atoms with Gasteiger partial charge in [-0.25, -0.2) is 4.90 Å². The summed E-state index contributed by atoms with van der Waals surface area (Å²) in [6, 6.07) is 19.5. The molecule has 0 aliphatic carbocycles. The quantitative estimate of drug-likeness (QED) is 0.540. The summed E-state index contributed by atoms with van der Waals surface area (Å²) in [6.45, 7) is 5.81.